The number of hydrogen-bond donors (Lipinski definition) is 1. The molecule has 0 bridgehead atoms. The van der Waals surface area contributed by atoms with Crippen molar-refractivity contribution in [3.8, 4) is 0 Å². The van der Waals surface area contributed by atoms with Gasteiger partial charge in [0.05, 0.1) is 28.6 Å². The minimum atomic E-state index is -1.16. The van der Waals surface area contributed by atoms with Crippen molar-refractivity contribution in [3.63, 3.8) is 0 Å². The molecule has 1 fully saturated rings. The average molecular weight is 296 g/mol. The van der Waals surface area contributed by atoms with Crippen molar-refractivity contribution in [3.05, 3.63) is 23.8 Å². The van der Waals surface area contributed by atoms with Crippen molar-refractivity contribution in [2.75, 3.05) is 6.26 Å². The van der Waals surface area contributed by atoms with Crippen molar-refractivity contribution in [2.24, 2.45) is 0 Å². The maximum Gasteiger partial charge on any atom is 0.494 e. The van der Waals surface area contributed by atoms with Gasteiger partial charge in [-0.1, -0.05) is 12.1 Å². The number of benzene rings is 1. The number of aliphatic hydroxyl groups is 1. The summed E-state index contributed by atoms with van der Waals surface area (Å²) in [5, 5.41) is 9.29. The molecule has 4 nitrogen and oxygen atoms in total. The molecule has 1 atom stereocenters. The number of rotatable bonds is 3. The van der Waals surface area contributed by atoms with E-state index >= 15 is 0 Å². The lowest BCUT2D eigenvalue weighted by atomic mass is 9.79. The molecular formula is C14H21BO4S. The zero-order chi connectivity index (χ0) is 15.1. The van der Waals surface area contributed by atoms with Gasteiger partial charge in [-0.3, -0.25) is 4.21 Å². The second kappa shape index (κ2) is 5.26. The van der Waals surface area contributed by atoms with Crippen LogP contribution in [0.15, 0.2) is 23.1 Å². The normalized spacial score (nSPS) is 22.0. The third-order valence-corrected chi connectivity index (χ3v) is 5.10. The van der Waals surface area contributed by atoms with Crippen LogP contribution in [0.1, 0.15) is 33.3 Å². The Kier molecular flexibility index (Phi) is 4.13. The highest BCUT2D eigenvalue weighted by Crippen LogP contribution is 2.36. The fourth-order valence-electron chi connectivity index (χ4n) is 2.10. The summed E-state index contributed by atoms with van der Waals surface area (Å²) in [4.78, 5) is 0.625. The third-order valence-electron chi connectivity index (χ3n) is 4.10. The number of aliphatic hydroxyl groups excluding tert-OH is 1. The first kappa shape index (κ1) is 15.7. The fourth-order valence-corrected chi connectivity index (χ4v) is 2.90. The van der Waals surface area contributed by atoms with Gasteiger partial charge < -0.3 is 14.4 Å². The van der Waals surface area contributed by atoms with E-state index < -0.39 is 29.1 Å². The molecule has 110 valence electrons. The molecule has 2 rings (SSSR count). The van der Waals surface area contributed by atoms with Crippen LogP contribution in [0.3, 0.4) is 0 Å². The maximum atomic E-state index is 11.8. The van der Waals surface area contributed by atoms with E-state index in [0.717, 1.165) is 5.46 Å². The molecule has 1 aliphatic heterocycles. The van der Waals surface area contributed by atoms with Gasteiger partial charge in [-0.05, 0) is 44.8 Å². The molecule has 1 aromatic rings. The molecule has 1 saturated heterocycles. The van der Waals surface area contributed by atoms with Crippen molar-refractivity contribution in [1.82, 2.24) is 0 Å². The molecule has 6 heteroatoms. The first-order valence-corrected chi connectivity index (χ1v) is 8.16. The Morgan fingerprint density at radius 2 is 1.75 bits per heavy atom. The Morgan fingerprint density at radius 3 is 2.20 bits per heavy atom. The minimum absolute atomic E-state index is 0.126. The summed E-state index contributed by atoms with van der Waals surface area (Å²) in [5.74, 6) is 0. The summed E-state index contributed by atoms with van der Waals surface area (Å²) in [6.45, 7) is 7.85. The van der Waals surface area contributed by atoms with Crippen LogP contribution in [0.4, 0.5) is 0 Å². The zero-order valence-corrected chi connectivity index (χ0v) is 13.4. The molecule has 20 heavy (non-hydrogen) atoms. The van der Waals surface area contributed by atoms with Crippen molar-refractivity contribution < 1.29 is 18.6 Å². The van der Waals surface area contributed by atoms with Gasteiger partial charge >= 0.3 is 7.12 Å². The summed E-state index contributed by atoms with van der Waals surface area (Å²) < 4.78 is 23.7. The molecule has 0 spiro atoms. The molecule has 0 amide bonds. The van der Waals surface area contributed by atoms with Gasteiger partial charge in [0.25, 0.3) is 0 Å². The highest BCUT2D eigenvalue weighted by molar-refractivity contribution is 7.84. The van der Waals surface area contributed by atoms with Gasteiger partial charge in [-0.15, -0.1) is 0 Å². The topological polar surface area (TPSA) is 55.8 Å². The fraction of sp³-hybridized carbons (Fsp3) is 0.571. The van der Waals surface area contributed by atoms with E-state index in [1.54, 1.807) is 18.4 Å². The molecule has 1 aliphatic rings. The van der Waals surface area contributed by atoms with E-state index in [1.165, 1.54) is 0 Å². The molecule has 1 N–H and O–H groups in total. The lowest BCUT2D eigenvalue weighted by molar-refractivity contribution is 0.00578. The highest BCUT2D eigenvalue weighted by Gasteiger charge is 2.51. The SMILES string of the molecule is CS(=O)c1cc(B2OC(C)(C)C(C)(C)O2)ccc1CO. The molecule has 0 radical (unpaired) electrons. The Bertz CT molecular complexity index is 526. The van der Waals surface area contributed by atoms with Gasteiger partial charge in [-0.2, -0.15) is 0 Å². The van der Waals surface area contributed by atoms with E-state index in [-0.39, 0.29) is 6.61 Å². The monoisotopic (exact) mass is 296 g/mol. The lowest BCUT2D eigenvalue weighted by Gasteiger charge is -2.32. The summed E-state index contributed by atoms with van der Waals surface area (Å²) in [6, 6.07) is 5.42. The van der Waals surface area contributed by atoms with Gasteiger partial charge in [0.1, 0.15) is 0 Å². The number of hydrogen-bond acceptors (Lipinski definition) is 4. The predicted octanol–water partition coefficient (Wildman–Crippen LogP) is 1.22. The van der Waals surface area contributed by atoms with E-state index in [1.807, 2.05) is 33.8 Å². The largest absolute Gasteiger partial charge is 0.494 e. The van der Waals surface area contributed by atoms with Gasteiger partial charge in [0.2, 0.25) is 0 Å². The van der Waals surface area contributed by atoms with Gasteiger partial charge in [0.15, 0.2) is 0 Å². The van der Waals surface area contributed by atoms with Gasteiger partial charge in [0, 0.05) is 11.2 Å². The Morgan fingerprint density at radius 1 is 1.20 bits per heavy atom. The van der Waals surface area contributed by atoms with E-state index in [4.69, 9.17) is 9.31 Å². The van der Waals surface area contributed by atoms with Crippen LogP contribution < -0.4 is 5.46 Å². The van der Waals surface area contributed by atoms with Crippen LogP contribution in [-0.4, -0.2) is 33.9 Å². The summed E-state index contributed by atoms with van der Waals surface area (Å²) in [5.41, 5.74) is 0.690. The summed E-state index contributed by atoms with van der Waals surface area (Å²) >= 11 is 0. The zero-order valence-electron chi connectivity index (χ0n) is 12.6. The van der Waals surface area contributed by atoms with E-state index in [0.29, 0.717) is 10.5 Å². The van der Waals surface area contributed by atoms with Crippen LogP contribution in [0, 0.1) is 0 Å². The average Bonchev–Trinajstić information content (AvgIpc) is 2.57. The minimum Gasteiger partial charge on any atom is -0.399 e. The van der Waals surface area contributed by atoms with Crippen molar-refractivity contribution in [1.29, 1.82) is 0 Å². The Labute approximate surface area is 123 Å². The third kappa shape index (κ3) is 2.70. The van der Waals surface area contributed by atoms with Crippen LogP contribution in [0.25, 0.3) is 0 Å². The smallest absolute Gasteiger partial charge is 0.399 e. The molecule has 0 aliphatic carbocycles. The van der Waals surface area contributed by atoms with E-state index in [9.17, 15) is 9.32 Å². The van der Waals surface area contributed by atoms with Gasteiger partial charge in [-0.25, -0.2) is 0 Å². The highest BCUT2D eigenvalue weighted by atomic mass is 32.2. The van der Waals surface area contributed by atoms with Crippen LogP contribution in [-0.2, 0) is 26.7 Å². The standard InChI is InChI=1S/C14H21BO4S/c1-13(2)14(3,4)19-15(18-13)11-7-6-10(9-16)12(8-11)20(5)17/h6-8,16H,9H2,1-5H3. The molecule has 1 heterocycles. The summed E-state index contributed by atoms with van der Waals surface area (Å²) in [6.07, 6.45) is 1.60. The second-order valence-corrected chi connectivity index (χ2v) is 7.42. The van der Waals surface area contributed by atoms with Crippen molar-refractivity contribution in [2.45, 2.75) is 50.4 Å². The second-order valence-electron chi connectivity index (χ2n) is 6.07. The predicted molar refractivity (Wildman–Crippen MR) is 80.4 cm³/mol. The first-order valence-electron chi connectivity index (χ1n) is 6.61. The Hall–Kier alpha value is -0.685. The first-order chi connectivity index (χ1) is 9.18. The van der Waals surface area contributed by atoms with Crippen molar-refractivity contribution >= 4 is 23.4 Å². The lowest BCUT2D eigenvalue weighted by Crippen LogP contribution is -2.41. The van der Waals surface area contributed by atoms with E-state index in [2.05, 4.69) is 0 Å². The Balaban J connectivity index is 2.36. The van der Waals surface area contributed by atoms with Crippen LogP contribution in [0.5, 0.6) is 0 Å². The molecular weight excluding hydrogens is 275 g/mol. The molecule has 1 aromatic carbocycles. The van der Waals surface area contributed by atoms with Crippen LogP contribution in [0.2, 0.25) is 0 Å². The maximum absolute atomic E-state index is 11.8. The molecule has 0 saturated carbocycles. The molecule has 0 aromatic heterocycles. The quantitative estimate of drug-likeness (QED) is 0.852. The molecule has 1 unspecified atom stereocenters. The van der Waals surface area contributed by atoms with Crippen LogP contribution >= 0.6 is 0 Å². The summed E-state index contributed by atoms with van der Waals surface area (Å²) in [7, 11) is -1.64.